The summed E-state index contributed by atoms with van der Waals surface area (Å²) in [7, 11) is 1.62. The third-order valence-electron chi connectivity index (χ3n) is 2.63. The minimum absolute atomic E-state index is 0.331. The van der Waals surface area contributed by atoms with Crippen molar-refractivity contribution in [1.82, 2.24) is 5.32 Å². The molecule has 0 heterocycles. The molecular weight excluding hydrogens is 266 g/mol. The van der Waals surface area contributed by atoms with E-state index in [1.807, 2.05) is 24.3 Å². The Morgan fingerprint density at radius 2 is 2.00 bits per heavy atom. The molecule has 0 radical (unpaired) electrons. The Morgan fingerprint density at radius 1 is 1.26 bits per heavy atom. The van der Waals surface area contributed by atoms with Crippen LogP contribution < -0.4 is 5.32 Å². The molecule has 1 aromatic rings. The summed E-state index contributed by atoms with van der Waals surface area (Å²) in [6, 6.07) is 7.79. The number of hydrogen-bond donors (Lipinski definition) is 2. The lowest BCUT2D eigenvalue weighted by molar-refractivity contribution is 0.0139. The van der Waals surface area contributed by atoms with Gasteiger partial charge in [-0.1, -0.05) is 23.7 Å². The first kappa shape index (κ1) is 16.4. The van der Waals surface area contributed by atoms with Crippen LogP contribution in [0.5, 0.6) is 0 Å². The van der Waals surface area contributed by atoms with Gasteiger partial charge in [0.2, 0.25) is 0 Å². The fourth-order valence-corrected chi connectivity index (χ4v) is 1.70. The Hall–Kier alpha value is -0.650. The average molecular weight is 288 g/mol. The number of aliphatic hydroxyl groups excluding tert-OH is 1. The van der Waals surface area contributed by atoms with Crippen LogP contribution in [0.4, 0.5) is 0 Å². The third-order valence-corrected chi connectivity index (χ3v) is 2.88. The van der Waals surface area contributed by atoms with Crippen LogP contribution in [0.3, 0.4) is 0 Å². The minimum atomic E-state index is -0.484. The maximum absolute atomic E-state index is 9.64. The van der Waals surface area contributed by atoms with Gasteiger partial charge in [-0.2, -0.15) is 0 Å². The Labute approximate surface area is 119 Å². The molecule has 1 unspecified atom stereocenters. The lowest BCUT2D eigenvalue weighted by Crippen LogP contribution is -2.32. The van der Waals surface area contributed by atoms with Gasteiger partial charge in [0, 0.05) is 18.7 Å². The largest absolute Gasteiger partial charge is 0.389 e. The number of hydrogen-bond acceptors (Lipinski definition) is 4. The molecule has 0 bridgehead atoms. The van der Waals surface area contributed by atoms with Crippen LogP contribution in [0.25, 0.3) is 0 Å². The molecule has 1 aromatic carbocycles. The highest BCUT2D eigenvalue weighted by Gasteiger charge is 2.03. The van der Waals surface area contributed by atoms with Crippen molar-refractivity contribution >= 4 is 11.6 Å². The van der Waals surface area contributed by atoms with Crippen molar-refractivity contribution in [2.45, 2.75) is 12.5 Å². The fourth-order valence-electron chi connectivity index (χ4n) is 1.57. The van der Waals surface area contributed by atoms with Gasteiger partial charge in [0.1, 0.15) is 0 Å². The van der Waals surface area contributed by atoms with Gasteiger partial charge in [-0.25, -0.2) is 0 Å². The zero-order chi connectivity index (χ0) is 13.9. The molecule has 4 nitrogen and oxygen atoms in total. The first-order valence-electron chi connectivity index (χ1n) is 6.42. The van der Waals surface area contributed by atoms with Crippen LogP contribution in [0.15, 0.2) is 24.3 Å². The van der Waals surface area contributed by atoms with E-state index in [0.717, 1.165) is 18.0 Å². The summed E-state index contributed by atoms with van der Waals surface area (Å²) in [5.41, 5.74) is 1.22. The summed E-state index contributed by atoms with van der Waals surface area (Å²) in [5.74, 6) is 0. The molecule has 0 fully saturated rings. The van der Waals surface area contributed by atoms with Crippen LogP contribution in [0.1, 0.15) is 5.56 Å². The highest BCUT2D eigenvalue weighted by atomic mass is 35.5. The predicted octanol–water partition coefficient (Wildman–Crippen LogP) is 1.50. The quantitative estimate of drug-likeness (QED) is 0.640. The molecule has 0 aliphatic heterocycles. The van der Waals surface area contributed by atoms with E-state index < -0.39 is 6.10 Å². The van der Waals surface area contributed by atoms with E-state index in [9.17, 15) is 5.11 Å². The summed E-state index contributed by atoms with van der Waals surface area (Å²) in [5, 5.41) is 13.6. The van der Waals surface area contributed by atoms with E-state index in [2.05, 4.69) is 5.32 Å². The lowest BCUT2D eigenvalue weighted by atomic mass is 10.1. The molecule has 0 amide bonds. The molecule has 0 aliphatic carbocycles. The number of benzene rings is 1. The van der Waals surface area contributed by atoms with E-state index in [-0.39, 0.29) is 0 Å². The second kappa shape index (κ2) is 10.2. The van der Waals surface area contributed by atoms with Gasteiger partial charge in [0.05, 0.1) is 25.9 Å². The van der Waals surface area contributed by atoms with Crippen molar-refractivity contribution < 1.29 is 14.6 Å². The zero-order valence-corrected chi connectivity index (χ0v) is 12.0. The molecule has 0 spiro atoms. The third kappa shape index (κ3) is 8.18. The Bertz CT molecular complexity index is 332. The molecule has 0 saturated heterocycles. The number of aliphatic hydroxyl groups is 1. The number of methoxy groups -OCH3 is 1. The molecule has 0 aliphatic rings. The zero-order valence-electron chi connectivity index (χ0n) is 11.3. The van der Waals surface area contributed by atoms with Gasteiger partial charge in [0.15, 0.2) is 0 Å². The average Bonchev–Trinajstić information content (AvgIpc) is 2.42. The molecule has 0 aromatic heterocycles. The van der Waals surface area contributed by atoms with Gasteiger partial charge in [0.25, 0.3) is 0 Å². The first-order chi connectivity index (χ1) is 9.22. The lowest BCUT2D eigenvalue weighted by Gasteiger charge is -2.12. The second-order valence-corrected chi connectivity index (χ2v) is 4.74. The van der Waals surface area contributed by atoms with E-state index in [1.165, 1.54) is 5.56 Å². The van der Waals surface area contributed by atoms with Crippen molar-refractivity contribution in [3.63, 3.8) is 0 Å². The Kier molecular flexibility index (Phi) is 8.79. The maximum atomic E-state index is 9.64. The van der Waals surface area contributed by atoms with Gasteiger partial charge in [-0.3, -0.25) is 0 Å². The topological polar surface area (TPSA) is 50.7 Å². The van der Waals surface area contributed by atoms with Gasteiger partial charge in [-0.15, -0.1) is 0 Å². The monoisotopic (exact) mass is 287 g/mol. The number of nitrogens with one attached hydrogen (secondary N) is 1. The second-order valence-electron chi connectivity index (χ2n) is 4.30. The molecule has 19 heavy (non-hydrogen) atoms. The molecule has 0 saturated carbocycles. The van der Waals surface area contributed by atoms with Crippen LogP contribution >= 0.6 is 11.6 Å². The van der Waals surface area contributed by atoms with Gasteiger partial charge < -0.3 is 19.9 Å². The summed E-state index contributed by atoms with van der Waals surface area (Å²) in [4.78, 5) is 0. The van der Waals surface area contributed by atoms with Crippen molar-refractivity contribution in [3.05, 3.63) is 34.9 Å². The van der Waals surface area contributed by atoms with E-state index in [0.29, 0.717) is 26.4 Å². The molecule has 1 atom stereocenters. The van der Waals surface area contributed by atoms with Crippen molar-refractivity contribution in [1.29, 1.82) is 0 Å². The minimum Gasteiger partial charge on any atom is -0.389 e. The normalized spacial score (nSPS) is 12.6. The molecule has 1 rings (SSSR count). The highest BCUT2D eigenvalue weighted by molar-refractivity contribution is 6.30. The molecule has 5 heteroatoms. The Morgan fingerprint density at radius 3 is 2.68 bits per heavy atom. The maximum Gasteiger partial charge on any atom is 0.0897 e. The molecule has 108 valence electrons. The standard InChI is InChI=1S/C14H22ClNO3/c1-18-8-9-19-11-14(17)10-16-7-6-12-2-4-13(15)5-3-12/h2-5,14,16-17H,6-11H2,1H3. The smallest absolute Gasteiger partial charge is 0.0897 e. The van der Waals surface area contributed by atoms with Crippen LogP contribution in [-0.2, 0) is 15.9 Å². The SMILES string of the molecule is COCCOCC(O)CNCCc1ccc(Cl)cc1. The summed E-state index contributed by atoms with van der Waals surface area (Å²) in [6.07, 6.45) is 0.427. The van der Waals surface area contributed by atoms with Crippen molar-refractivity contribution in [2.75, 3.05) is 40.0 Å². The van der Waals surface area contributed by atoms with E-state index in [4.69, 9.17) is 21.1 Å². The summed E-state index contributed by atoms with van der Waals surface area (Å²) in [6.45, 7) is 2.74. The predicted molar refractivity (Wildman–Crippen MR) is 76.7 cm³/mol. The van der Waals surface area contributed by atoms with Crippen LogP contribution in [-0.4, -0.2) is 51.2 Å². The number of rotatable bonds is 10. The number of halogens is 1. The highest BCUT2D eigenvalue weighted by Crippen LogP contribution is 2.09. The Balaban J connectivity index is 2.02. The van der Waals surface area contributed by atoms with Gasteiger partial charge in [-0.05, 0) is 30.7 Å². The first-order valence-corrected chi connectivity index (χ1v) is 6.80. The van der Waals surface area contributed by atoms with Gasteiger partial charge >= 0.3 is 0 Å². The fraction of sp³-hybridized carbons (Fsp3) is 0.571. The van der Waals surface area contributed by atoms with Crippen LogP contribution in [0, 0.1) is 0 Å². The van der Waals surface area contributed by atoms with Crippen LogP contribution in [0.2, 0.25) is 5.02 Å². The molecule has 2 N–H and O–H groups in total. The van der Waals surface area contributed by atoms with E-state index in [1.54, 1.807) is 7.11 Å². The summed E-state index contributed by atoms with van der Waals surface area (Å²) >= 11 is 5.81. The number of ether oxygens (including phenoxy) is 2. The molecular formula is C14H22ClNO3. The van der Waals surface area contributed by atoms with Crippen molar-refractivity contribution in [3.8, 4) is 0 Å². The summed E-state index contributed by atoms with van der Waals surface area (Å²) < 4.78 is 10.1. The van der Waals surface area contributed by atoms with E-state index >= 15 is 0 Å². The van der Waals surface area contributed by atoms with Crippen molar-refractivity contribution in [2.24, 2.45) is 0 Å².